The SMILES string of the molecule is CC(C)[C@H](N=[P+]([O-])Cc1cccs1)C(=O)NCCCc1ccc(-c2cncnc2)cc1. The van der Waals surface area contributed by atoms with E-state index in [2.05, 4.69) is 44.3 Å². The van der Waals surface area contributed by atoms with Gasteiger partial charge in [0.1, 0.15) is 6.33 Å². The number of amides is 1. The Morgan fingerprint density at radius 3 is 2.55 bits per heavy atom. The normalized spacial score (nSPS) is 12.7. The molecule has 31 heavy (non-hydrogen) atoms. The Balaban J connectivity index is 1.46. The van der Waals surface area contributed by atoms with E-state index in [4.69, 9.17) is 0 Å². The van der Waals surface area contributed by atoms with Crippen molar-refractivity contribution in [1.82, 2.24) is 15.3 Å². The number of carbonyl (C=O) groups excluding carboxylic acids is 1. The number of thiophene rings is 1. The van der Waals surface area contributed by atoms with Gasteiger partial charge in [-0.25, -0.2) is 9.97 Å². The number of aryl methyl sites for hydroxylation is 1. The van der Waals surface area contributed by atoms with Crippen LogP contribution in [-0.2, 0) is 17.4 Å². The molecular formula is C23H27N4O2PS. The van der Waals surface area contributed by atoms with Crippen LogP contribution in [0.3, 0.4) is 0 Å². The largest absolute Gasteiger partial charge is 0.612 e. The first kappa shape index (κ1) is 23.2. The highest BCUT2D eigenvalue weighted by Crippen LogP contribution is 2.27. The van der Waals surface area contributed by atoms with E-state index in [1.807, 2.05) is 31.4 Å². The van der Waals surface area contributed by atoms with E-state index >= 15 is 0 Å². The average molecular weight is 455 g/mol. The smallest absolute Gasteiger partial charge is 0.249 e. The van der Waals surface area contributed by atoms with Gasteiger partial charge in [-0.05, 0) is 41.3 Å². The van der Waals surface area contributed by atoms with Gasteiger partial charge in [-0.2, -0.15) is 0 Å². The lowest BCUT2D eigenvalue weighted by molar-refractivity contribution is -0.156. The van der Waals surface area contributed by atoms with Gasteiger partial charge in [0.25, 0.3) is 0 Å². The van der Waals surface area contributed by atoms with Crippen molar-refractivity contribution in [3.8, 4) is 11.1 Å². The van der Waals surface area contributed by atoms with Crippen molar-refractivity contribution in [2.24, 2.45) is 10.7 Å². The third-order valence-corrected chi connectivity index (χ3v) is 7.02. The summed E-state index contributed by atoms with van der Waals surface area (Å²) in [6.45, 7) is 4.43. The van der Waals surface area contributed by atoms with Crippen molar-refractivity contribution in [3.05, 3.63) is 70.9 Å². The van der Waals surface area contributed by atoms with Gasteiger partial charge in [0.05, 0.1) is 4.88 Å². The molecule has 162 valence electrons. The molecule has 0 spiro atoms. The molecule has 0 aliphatic heterocycles. The average Bonchev–Trinajstić information content (AvgIpc) is 3.28. The van der Waals surface area contributed by atoms with E-state index in [9.17, 15) is 9.69 Å². The monoisotopic (exact) mass is 454 g/mol. The van der Waals surface area contributed by atoms with Crippen LogP contribution in [0.25, 0.3) is 11.1 Å². The molecule has 1 amide bonds. The van der Waals surface area contributed by atoms with Crippen LogP contribution >= 0.6 is 19.3 Å². The summed E-state index contributed by atoms with van der Waals surface area (Å²) in [5.41, 5.74) is 3.27. The molecule has 2 aromatic heterocycles. The molecule has 0 saturated carbocycles. The summed E-state index contributed by atoms with van der Waals surface area (Å²) >= 11 is 1.56. The van der Waals surface area contributed by atoms with Crippen LogP contribution in [0.2, 0.25) is 0 Å². The van der Waals surface area contributed by atoms with Crippen LogP contribution in [0.4, 0.5) is 0 Å². The van der Waals surface area contributed by atoms with Crippen molar-refractivity contribution in [3.63, 3.8) is 0 Å². The molecule has 2 heterocycles. The Hall–Kier alpha value is -2.47. The van der Waals surface area contributed by atoms with E-state index in [0.717, 1.165) is 28.8 Å². The molecule has 6 nitrogen and oxygen atoms in total. The minimum absolute atomic E-state index is 0.00297. The molecule has 1 unspecified atom stereocenters. The topological polar surface area (TPSA) is 90.3 Å². The fourth-order valence-electron chi connectivity index (χ4n) is 3.12. The van der Waals surface area contributed by atoms with Crippen molar-refractivity contribution in [2.45, 2.75) is 38.9 Å². The fourth-order valence-corrected chi connectivity index (χ4v) is 5.35. The molecular weight excluding hydrogens is 427 g/mol. The standard InChI is InChI=1S/C23H27N4O2PS/c1-17(2)22(27-30(29)15-21-6-4-12-31-21)23(28)26-11-3-5-18-7-9-19(10-8-18)20-13-24-16-25-14-20/h4,6-10,12-14,16-17,22H,3,5,11,15H2,1-2H3,(H,26,28)/t22-/m0/s1. The number of hydrogen-bond donors (Lipinski definition) is 1. The van der Waals surface area contributed by atoms with Crippen LogP contribution in [0.5, 0.6) is 0 Å². The number of hydrogen-bond acceptors (Lipinski definition) is 6. The zero-order chi connectivity index (χ0) is 22.1. The first-order chi connectivity index (χ1) is 15.0. The summed E-state index contributed by atoms with van der Waals surface area (Å²) in [6, 6.07) is 11.6. The van der Waals surface area contributed by atoms with Gasteiger partial charge in [0, 0.05) is 24.5 Å². The predicted molar refractivity (Wildman–Crippen MR) is 125 cm³/mol. The van der Waals surface area contributed by atoms with Crippen LogP contribution in [0, 0.1) is 5.92 Å². The molecule has 1 aromatic carbocycles. The quantitative estimate of drug-likeness (QED) is 0.363. The first-order valence-corrected chi connectivity index (χ1v) is 12.6. The molecule has 0 bridgehead atoms. The highest BCUT2D eigenvalue weighted by atomic mass is 32.1. The molecule has 0 radical (unpaired) electrons. The molecule has 3 aromatic rings. The minimum Gasteiger partial charge on any atom is -0.612 e. The Bertz CT molecular complexity index is 977. The van der Waals surface area contributed by atoms with Crippen molar-refractivity contribution < 1.29 is 9.69 Å². The molecule has 0 saturated heterocycles. The molecule has 8 heteroatoms. The summed E-state index contributed by atoms with van der Waals surface area (Å²) in [6.07, 6.45) is 7.19. The zero-order valence-electron chi connectivity index (χ0n) is 17.8. The maximum Gasteiger partial charge on any atom is 0.249 e. The van der Waals surface area contributed by atoms with E-state index in [0.29, 0.717) is 12.7 Å². The fraction of sp³-hybridized carbons (Fsp3) is 0.348. The second kappa shape index (κ2) is 11.8. The van der Waals surface area contributed by atoms with Crippen molar-refractivity contribution >= 4 is 25.2 Å². The van der Waals surface area contributed by atoms with Crippen LogP contribution in [-0.4, -0.2) is 28.5 Å². The third kappa shape index (κ3) is 7.31. The summed E-state index contributed by atoms with van der Waals surface area (Å²) in [7, 11) is -1.80. The lowest BCUT2D eigenvalue weighted by atomic mass is 10.0. The van der Waals surface area contributed by atoms with E-state index in [-0.39, 0.29) is 11.8 Å². The Morgan fingerprint density at radius 2 is 1.90 bits per heavy atom. The van der Waals surface area contributed by atoms with Gasteiger partial charge < -0.3 is 10.2 Å². The van der Waals surface area contributed by atoms with Crippen molar-refractivity contribution in [2.75, 3.05) is 6.54 Å². The number of nitrogens with one attached hydrogen (secondary N) is 1. The van der Waals surface area contributed by atoms with Crippen molar-refractivity contribution in [1.29, 1.82) is 0 Å². The zero-order valence-corrected chi connectivity index (χ0v) is 19.5. The highest BCUT2D eigenvalue weighted by molar-refractivity contribution is 7.39. The summed E-state index contributed by atoms with van der Waals surface area (Å²) in [4.78, 5) is 34.1. The van der Waals surface area contributed by atoms with Gasteiger partial charge in [-0.15, -0.1) is 11.3 Å². The predicted octanol–water partition coefficient (Wildman–Crippen LogP) is 4.42. The molecule has 0 aliphatic carbocycles. The highest BCUT2D eigenvalue weighted by Gasteiger charge is 2.24. The summed E-state index contributed by atoms with van der Waals surface area (Å²) < 4.78 is 4.32. The van der Waals surface area contributed by atoms with Gasteiger partial charge in [-0.3, -0.25) is 4.79 Å². The summed E-state index contributed by atoms with van der Waals surface area (Å²) in [5.74, 6) is -0.152. The van der Waals surface area contributed by atoms with E-state index in [1.54, 1.807) is 23.7 Å². The number of carbonyl (C=O) groups is 1. The van der Waals surface area contributed by atoms with Crippen LogP contribution in [0.1, 0.15) is 30.7 Å². The lowest BCUT2D eigenvalue weighted by Crippen LogP contribution is -2.37. The molecule has 1 N–H and O–H groups in total. The minimum atomic E-state index is -1.80. The van der Waals surface area contributed by atoms with Gasteiger partial charge >= 0.3 is 0 Å². The molecule has 0 fully saturated rings. The molecule has 3 rings (SSSR count). The second-order valence-electron chi connectivity index (χ2n) is 7.61. The molecule has 2 atom stereocenters. The Morgan fingerprint density at radius 1 is 1.16 bits per heavy atom. The van der Waals surface area contributed by atoms with Gasteiger partial charge in [0.2, 0.25) is 5.91 Å². The third-order valence-electron chi connectivity index (χ3n) is 4.81. The summed E-state index contributed by atoms with van der Waals surface area (Å²) in [5, 5.41) is 4.91. The maximum absolute atomic E-state index is 12.6. The maximum atomic E-state index is 12.6. The van der Waals surface area contributed by atoms with Crippen LogP contribution < -0.4 is 10.2 Å². The lowest BCUT2D eigenvalue weighted by Gasteiger charge is -2.14. The van der Waals surface area contributed by atoms with Gasteiger partial charge in [-0.1, -0.05) is 48.9 Å². The Kier molecular flexibility index (Phi) is 8.83. The first-order valence-electron chi connectivity index (χ1n) is 10.3. The van der Waals surface area contributed by atoms with E-state index < -0.39 is 14.0 Å². The molecule has 0 aliphatic rings. The number of rotatable bonds is 10. The Labute approximate surface area is 188 Å². The second-order valence-corrected chi connectivity index (χ2v) is 9.90. The number of aromatic nitrogens is 2. The van der Waals surface area contributed by atoms with Gasteiger partial charge in [0.15, 0.2) is 20.1 Å². The number of nitrogens with zero attached hydrogens (tertiary/aromatic N) is 3. The van der Waals surface area contributed by atoms with Crippen LogP contribution in [0.15, 0.2) is 65.2 Å². The van der Waals surface area contributed by atoms with E-state index in [1.165, 1.54) is 11.9 Å². The number of benzene rings is 1.